The van der Waals surface area contributed by atoms with E-state index in [1.54, 1.807) is 0 Å². The first-order valence-electron chi connectivity index (χ1n) is 5.11. The van der Waals surface area contributed by atoms with Crippen LogP contribution in [-0.2, 0) is 0 Å². The maximum Gasteiger partial charge on any atom is 0.0106 e. The predicted octanol–water partition coefficient (Wildman–Crippen LogP) is 3.33. The maximum atomic E-state index is 2.16. The van der Waals surface area contributed by atoms with Crippen LogP contribution in [0.25, 0.3) is 0 Å². The van der Waals surface area contributed by atoms with Crippen LogP contribution in [0.2, 0.25) is 0 Å². The van der Waals surface area contributed by atoms with Crippen LogP contribution in [0.1, 0.15) is 6.92 Å². The number of allylic oxidation sites excluding steroid dienone is 10. The smallest absolute Gasteiger partial charge is 0.0106 e. The molecule has 0 atom stereocenters. The molecule has 1 heterocycles. The van der Waals surface area contributed by atoms with E-state index < -0.39 is 0 Å². The van der Waals surface area contributed by atoms with Crippen LogP contribution in [-0.4, -0.2) is 11.9 Å². The molecule has 15 heavy (non-hydrogen) atoms. The Balaban J connectivity index is 2.13. The highest BCUT2D eigenvalue weighted by molar-refractivity contribution is 5.50. The summed E-state index contributed by atoms with van der Waals surface area (Å²) in [6.07, 6.45) is 19.0. The van der Waals surface area contributed by atoms with Crippen LogP contribution in [0.4, 0.5) is 0 Å². The summed E-state index contributed by atoms with van der Waals surface area (Å²) >= 11 is 0. The molecule has 0 aromatic carbocycles. The van der Waals surface area contributed by atoms with E-state index in [0.717, 1.165) is 0 Å². The molecule has 2 rings (SSSR count). The molecular weight excluding hydrogens is 182 g/mol. The van der Waals surface area contributed by atoms with E-state index in [9.17, 15) is 0 Å². The van der Waals surface area contributed by atoms with Gasteiger partial charge in [-0.25, -0.2) is 0 Å². The zero-order valence-electron chi connectivity index (χ0n) is 9.14. The topological polar surface area (TPSA) is 3.24 Å². The standard InChI is InChI=1S/C14H15N/c1-12-4-3-5-14(12)7-6-13-8-10-15(2)11-9-13/h3-11H,1-2H3. The third-order valence-corrected chi connectivity index (χ3v) is 2.54. The Kier molecular flexibility index (Phi) is 2.72. The van der Waals surface area contributed by atoms with Crippen molar-refractivity contribution in [1.29, 1.82) is 0 Å². The Morgan fingerprint density at radius 1 is 1.07 bits per heavy atom. The lowest BCUT2D eigenvalue weighted by Gasteiger charge is -2.11. The Hall–Kier alpha value is -1.76. The molecule has 2 aliphatic rings. The minimum atomic E-state index is 1.23. The monoisotopic (exact) mass is 197 g/mol. The highest BCUT2D eigenvalue weighted by atomic mass is 15.0. The molecule has 0 radical (unpaired) electrons. The van der Waals surface area contributed by atoms with Crippen molar-refractivity contribution in [2.24, 2.45) is 0 Å². The SMILES string of the molecule is CC1=CC=CC1=CC=C1C=CN(C)C=C1. The largest absolute Gasteiger partial charge is 0.357 e. The minimum absolute atomic E-state index is 1.23. The van der Waals surface area contributed by atoms with Gasteiger partial charge < -0.3 is 4.90 Å². The molecule has 1 heteroatoms. The van der Waals surface area contributed by atoms with Gasteiger partial charge in [0.05, 0.1) is 0 Å². The van der Waals surface area contributed by atoms with E-state index in [1.165, 1.54) is 16.7 Å². The van der Waals surface area contributed by atoms with E-state index in [1.807, 2.05) is 11.9 Å². The van der Waals surface area contributed by atoms with Gasteiger partial charge >= 0.3 is 0 Å². The third-order valence-electron chi connectivity index (χ3n) is 2.54. The van der Waals surface area contributed by atoms with Crippen molar-refractivity contribution < 1.29 is 0 Å². The predicted molar refractivity (Wildman–Crippen MR) is 65.1 cm³/mol. The van der Waals surface area contributed by atoms with Crippen LogP contribution in [0.15, 0.2) is 71.7 Å². The molecule has 1 nitrogen and oxygen atoms in total. The van der Waals surface area contributed by atoms with E-state index in [4.69, 9.17) is 0 Å². The summed E-state index contributed by atoms with van der Waals surface area (Å²) in [7, 11) is 2.02. The summed E-state index contributed by atoms with van der Waals surface area (Å²) in [5.41, 5.74) is 3.85. The van der Waals surface area contributed by atoms with Crippen LogP contribution >= 0.6 is 0 Å². The third kappa shape index (κ3) is 2.38. The van der Waals surface area contributed by atoms with Crippen molar-refractivity contribution in [3.63, 3.8) is 0 Å². The van der Waals surface area contributed by atoms with Gasteiger partial charge in [0.25, 0.3) is 0 Å². The first-order valence-corrected chi connectivity index (χ1v) is 5.11. The summed E-state index contributed by atoms with van der Waals surface area (Å²) in [4.78, 5) is 2.03. The van der Waals surface area contributed by atoms with Gasteiger partial charge in [-0.05, 0) is 35.8 Å². The molecule has 0 aromatic rings. The van der Waals surface area contributed by atoms with Gasteiger partial charge in [-0.3, -0.25) is 0 Å². The summed E-state index contributed by atoms with van der Waals surface area (Å²) in [5, 5.41) is 0. The molecule has 0 bridgehead atoms. The fraction of sp³-hybridized carbons (Fsp3) is 0.143. The summed E-state index contributed by atoms with van der Waals surface area (Å²) < 4.78 is 0. The Labute approximate surface area is 91.1 Å². The Morgan fingerprint density at radius 3 is 2.40 bits per heavy atom. The fourth-order valence-corrected chi connectivity index (χ4v) is 1.52. The molecule has 0 fully saturated rings. The van der Waals surface area contributed by atoms with Crippen LogP contribution < -0.4 is 0 Å². The second-order valence-corrected chi connectivity index (χ2v) is 3.79. The summed E-state index contributed by atoms with van der Waals surface area (Å²) in [6.45, 7) is 2.13. The van der Waals surface area contributed by atoms with Crippen LogP contribution in [0.5, 0.6) is 0 Å². The number of nitrogens with zero attached hydrogens (tertiary/aromatic N) is 1. The average Bonchev–Trinajstić information content (AvgIpc) is 2.63. The van der Waals surface area contributed by atoms with E-state index >= 15 is 0 Å². The average molecular weight is 197 g/mol. The Bertz CT molecular complexity index is 412. The van der Waals surface area contributed by atoms with Gasteiger partial charge in [0.15, 0.2) is 0 Å². The minimum Gasteiger partial charge on any atom is -0.357 e. The van der Waals surface area contributed by atoms with Gasteiger partial charge in [0.1, 0.15) is 0 Å². The lowest BCUT2D eigenvalue weighted by molar-refractivity contribution is 0.620. The second-order valence-electron chi connectivity index (χ2n) is 3.79. The second kappa shape index (κ2) is 4.18. The summed E-state index contributed by atoms with van der Waals surface area (Å²) in [6, 6.07) is 0. The number of hydrogen-bond donors (Lipinski definition) is 0. The zero-order chi connectivity index (χ0) is 10.7. The quantitative estimate of drug-likeness (QED) is 0.623. The van der Waals surface area contributed by atoms with Gasteiger partial charge in [-0.15, -0.1) is 0 Å². The maximum absolute atomic E-state index is 2.16. The molecule has 0 aromatic heterocycles. The molecule has 0 N–H and O–H groups in total. The molecule has 0 saturated carbocycles. The molecule has 1 aliphatic carbocycles. The zero-order valence-corrected chi connectivity index (χ0v) is 9.14. The summed E-state index contributed by atoms with van der Waals surface area (Å²) in [5.74, 6) is 0. The molecular formula is C14H15N. The fourth-order valence-electron chi connectivity index (χ4n) is 1.52. The van der Waals surface area contributed by atoms with Crippen molar-refractivity contribution in [1.82, 2.24) is 4.90 Å². The molecule has 76 valence electrons. The van der Waals surface area contributed by atoms with Crippen molar-refractivity contribution >= 4 is 0 Å². The van der Waals surface area contributed by atoms with Gasteiger partial charge in [-0.1, -0.05) is 30.4 Å². The number of rotatable bonds is 1. The first-order chi connectivity index (χ1) is 7.25. The Morgan fingerprint density at radius 2 is 1.80 bits per heavy atom. The van der Waals surface area contributed by atoms with E-state index in [-0.39, 0.29) is 0 Å². The van der Waals surface area contributed by atoms with E-state index in [0.29, 0.717) is 0 Å². The van der Waals surface area contributed by atoms with Gasteiger partial charge in [0, 0.05) is 19.4 Å². The van der Waals surface area contributed by atoms with Crippen LogP contribution in [0, 0.1) is 0 Å². The van der Waals surface area contributed by atoms with E-state index in [2.05, 4.69) is 61.9 Å². The highest BCUT2D eigenvalue weighted by Crippen LogP contribution is 2.18. The normalized spacial score (nSPS) is 21.5. The highest BCUT2D eigenvalue weighted by Gasteiger charge is 1.99. The van der Waals surface area contributed by atoms with Crippen LogP contribution in [0.3, 0.4) is 0 Å². The molecule has 0 unspecified atom stereocenters. The van der Waals surface area contributed by atoms with Crippen molar-refractivity contribution in [3.05, 3.63) is 71.7 Å². The van der Waals surface area contributed by atoms with Gasteiger partial charge in [0.2, 0.25) is 0 Å². The molecule has 0 spiro atoms. The van der Waals surface area contributed by atoms with Crippen molar-refractivity contribution in [2.75, 3.05) is 7.05 Å². The van der Waals surface area contributed by atoms with Crippen molar-refractivity contribution in [2.45, 2.75) is 6.92 Å². The number of hydrogen-bond acceptors (Lipinski definition) is 1. The molecule has 0 saturated heterocycles. The lowest BCUT2D eigenvalue weighted by Crippen LogP contribution is -2.02. The van der Waals surface area contributed by atoms with Crippen molar-refractivity contribution in [3.8, 4) is 0 Å². The molecule has 0 amide bonds. The molecule has 1 aliphatic heterocycles. The van der Waals surface area contributed by atoms with Gasteiger partial charge in [-0.2, -0.15) is 0 Å². The lowest BCUT2D eigenvalue weighted by atomic mass is 10.1. The first kappa shape index (κ1) is 9.78.